The summed E-state index contributed by atoms with van der Waals surface area (Å²) in [6.07, 6.45) is 0.563. The topological polar surface area (TPSA) is 79.9 Å². The first kappa shape index (κ1) is 14.0. The van der Waals surface area contributed by atoms with Crippen molar-refractivity contribution in [2.75, 3.05) is 13.1 Å². The molecule has 1 amide bonds. The molecule has 0 saturated heterocycles. The Morgan fingerprint density at radius 3 is 2.45 bits per heavy atom. The van der Waals surface area contributed by atoms with Crippen molar-refractivity contribution in [1.29, 1.82) is 10.5 Å². The summed E-state index contributed by atoms with van der Waals surface area (Å²) >= 11 is 0. The molecule has 0 atom stereocenters. The summed E-state index contributed by atoms with van der Waals surface area (Å²) in [7, 11) is 0. The third-order valence-corrected chi connectivity index (χ3v) is 3.36. The van der Waals surface area contributed by atoms with Gasteiger partial charge < -0.3 is 10.2 Å². The van der Waals surface area contributed by atoms with Crippen LogP contribution in [-0.4, -0.2) is 23.9 Å². The normalized spacial score (nSPS) is 12.3. The Morgan fingerprint density at radius 2 is 1.80 bits per heavy atom. The number of amides is 1. The van der Waals surface area contributed by atoms with Crippen LogP contribution >= 0.6 is 0 Å². The van der Waals surface area contributed by atoms with Crippen molar-refractivity contribution in [3.05, 3.63) is 34.9 Å². The number of nitrogens with zero attached hydrogens (tertiary/aromatic N) is 3. The molecule has 1 aromatic rings. The predicted molar refractivity (Wildman–Crippen MR) is 73.3 cm³/mol. The highest BCUT2D eigenvalue weighted by molar-refractivity contribution is 5.94. The van der Waals surface area contributed by atoms with Gasteiger partial charge >= 0.3 is 0 Å². The van der Waals surface area contributed by atoms with Crippen LogP contribution in [0.2, 0.25) is 0 Å². The van der Waals surface area contributed by atoms with Gasteiger partial charge in [0.05, 0.1) is 25.0 Å². The number of rotatable bonds is 5. The van der Waals surface area contributed by atoms with Gasteiger partial charge in [-0.05, 0) is 23.3 Å². The summed E-state index contributed by atoms with van der Waals surface area (Å²) < 4.78 is 0. The van der Waals surface area contributed by atoms with Crippen LogP contribution in [0.1, 0.15) is 34.3 Å². The van der Waals surface area contributed by atoms with E-state index in [0.717, 1.165) is 18.7 Å². The minimum Gasteiger partial charge on any atom is -0.337 e. The third kappa shape index (κ3) is 3.14. The van der Waals surface area contributed by atoms with Crippen molar-refractivity contribution in [2.45, 2.75) is 25.9 Å². The van der Waals surface area contributed by atoms with E-state index in [1.807, 2.05) is 30.3 Å². The zero-order valence-corrected chi connectivity index (χ0v) is 11.2. The van der Waals surface area contributed by atoms with Gasteiger partial charge in [0.1, 0.15) is 0 Å². The van der Waals surface area contributed by atoms with Crippen molar-refractivity contribution >= 4 is 5.91 Å². The average Bonchev–Trinajstić information content (AvgIpc) is 2.94. The molecule has 0 unspecified atom stereocenters. The van der Waals surface area contributed by atoms with Crippen LogP contribution in [0, 0.1) is 22.7 Å². The summed E-state index contributed by atoms with van der Waals surface area (Å²) in [5, 5.41) is 20.6. The van der Waals surface area contributed by atoms with Crippen molar-refractivity contribution in [2.24, 2.45) is 0 Å². The molecule has 5 heteroatoms. The molecular weight excluding hydrogens is 252 g/mol. The van der Waals surface area contributed by atoms with Crippen LogP contribution in [0.5, 0.6) is 0 Å². The zero-order chi connectivity index (χ0) is 14.4. The molecule has 1 N–H and O–H groups in total. The van der Waals surface area contributed by atoms with E-state index >= 15 is 0 Å². The molecule has 1 aliphatic rings. The summed E-state index contributed by atoms with van der Waals surface area (Å²) in [4.78, 5) is 14.0. The molecule has 20 heavy (non-hydrogen) atoms. The van der Waals surface area contributed by atoms with Gasteiger partial charge in [0, 0.05) is 31.7 Å². The monoisotopic (exact) mass is 268 g/mol. The van der Waals surface area contributed by atoms with E-state index in [9.17, 15) is 4.79 Å². The van der Waals surface area contributed by atoms with Crippen LogP contribution in [0.15, 0.2) is 18.2 Å². The maximum Gasteiger partial charge on any atom is 0.253 e. The first-order chi connectivity index (χ1) is 9.76. The van der Waals surface area contributed by atoms with Gasteiger partial charge in [-0.3, -0.25) is 4.79 Å². The quantitative estimate of drug-likeness (QED) is 0.878. The molecule has 0 spiro atoms. The summed E-state index contributed by atoms with van der Waals surface area (Å²) in [6, 6.07) is 9.76. The summed E-state index contributed by atoms with van der Waals surface area (Å²) in [5.41, 5.74) is 3.00. The highest BCUT2D eigenvalue weighted by atomic mass is 16.2. The second-order valence-corrected chi connectivity index (χ2v) is 4.70. The van der Waals surface area contributed by atoms with E-state index in [1.54, 1.807) is 4.90 Å². The highest BCUT2D eigenvalue weighted by Gasteiger charge is 2.18. The van der Waals surface area contributed by atoms with Gasteiger partial charge in [-0.25, -0.2) is 0 Å². The Bertz CT molecular complexity index is 565. The number of carbonyl (C=O) groups excluding carboxylic acids is 1. The molecular formula is C15H16N4O. The lowest BCUT2D eigenvalue weighted by atomic mass is 10.1. The Morgan fingerprint density at radius 1 is 1.15 bits per heavy atom. The van der Waals surface area contributed by atoms with Gasteiger partial charge in [0.25, 0.3) is 5.91 Å². The smallest absolute Gasteiger partial charge is 0.253 e. The first-order valence-electron chi connectivity index (χ1n) is 6.62. The Balaban J connectivity index is 2.14. The SMILES string of the molecule is N#CCCN(CCC#N)C(=O)c1ccc2c(c1)CNC2. The molecule has 5 nitrogen and oxygen atoms in total. The number of carbonyl (C=O) groups is 1. The standard InChI is InChI=1S/C15H16N4O/c16-5-1-7-19(8-2-6-17)15(20)12-3-4-13-10-18-11-14(13)9-12/h3-4,9,18H,1-2,7-8,10-11H2. The molecule has 0 aliphatic carbocycles. The second kappa shape index (κ2) is 6.70. The summed E-state index contributed by atoms with van der Waals surface area (Å²) in [5.74, 6) is -0.106. The van der Waals surface area contributed by atoms with Crippen molar-refractivity contribution in [1.82, 2.24) is 10.2 Å². The molecule has 0 aromatic heterocycles. The molecule has 1 heterocycles. The lowest BCUT2D eigenvalue weighted by Crippen LogP contribution is -2.32. The predicted octanol–water partition coefficient (Wildman–Crippen LogP) is 1.56. The Hall–Kier alpha value is -2.37. The van der Waals surface area contributed by atoms with E-state index in [4.69, 9.17) is 10.5 Å². The van der Waals surface area contributed by atoms with Crippen LogP contribution in [0.3, 0.4) is 0 Å². The fourth-order valence-corrected chi connectivity index (χ4v) is 2.30. The Labute approximate surface area is 118 Å². The van der Waals surface area contributed by atoms with Crippen LogP contribution in [0.4, 0.5) is 0 Å². The largest absolute Gasteiger partial charge is 0.337 e. The first-order valence-corrected chi connectivity index (χ1v) is 6.62. The molecule has 0 fully saturated rings. The molecule has 0 radical (unpaired) electrons. The highest BCUT2D eigenvalue weighted by Crippen LogP contribution is 2.18. The van der Waals surface area contributed by atoms with Gasteiger partial charge in [-0.2, -0.15) is 10.5 Å². The zero-order valence-electron chi connectivity index (χ0n) is 11.2. The number of nitrogens with one attached hydrogen (secondary N) is 1. The van der Waals surface area contributed by atoms with E-state index in [2.05, 4.69) is 5.32 Å². The van der Waals surface area contributed by atoms with E-state index in [-0.39, 0.29) is 18.7 Å². The molecule has 2 rings (SSSR count). The van der Waals surface area contributed by atoms with Crippen LogP contribution in [0.25, 0.3) is 0 Å². The van der Waals surface area contributed by atoms with E-state index < -0.39 is 0 Å². The third-order valence-electron chi connectivity index (χ3n) is 3.36. The number of benzene rings is 1. The van der Waals surface area contributed by atoms with Gasteiger partial charge in [0.2, 0.25) is 0 Å². The van der Waals surface area contributed by atoms with E-state index in [1.165, 1.54) is 5.56 Å². The maximum atomic E-state index is 12.4. The second-order valence-electron chi connectivity index (χ2n) is 4.70. The number of fused-ring (bicyclic) bond motifs is 1. The fourth-order valence-electron chi connectivity index (χ4n) is 2.30. The molecule has 0 bridgehead atoms. The lowest BCUT2D eigenvalue weighted by molar-refractivity contribution is 0.0762. The number of hydrogen-bond acceptors (Lipinski definition) is 4. The van der Waals surface area contributed by atoms with Gasteiger partial charge in [0.15, 0.2) is 0 Å². The summed E-state index contributed by atoms with van der Waals surface area (Å²) in [6.45, 7) is 2.36. The molecule has 0 saturated carbocycles. The minimum atomic E-state index is -0.106. The molecule has 1 aliphatic heterocycles. The fraction of sp³-hybridized carbons (Fsp3) is 0.400. The van der Waals surface area contributed by atoms with E-state index in [0.29, 0.717) is 18.7 Å². The average molecular weight is 268 g/mol. The van der Waals surface area contributed by atoms with Crippen LogP contribution < -0.4 is 5.32 Å². The van der Waals surface area contributed by atoms with Crippen molar-refractivity contribution in [3.63, 3.8) is 0 Å². The van der Waals surface area contributed by atoms with Crippen molar-refractivity contribution in [3.8, 4) is 12.1 Å². The van der Waals surface area contributed by atoms with Crippen LogP contribution in [-0.2, 0) is 13.1 Å². The number of hydrogen-bond donors (Lipinski definition) is 1. The molecule has 1 aromatic carbocycles. The minimum absolute atomic E-state index is 0.106. The van der Waals surface area contributed by atoms with Crippen molar-refractivity contribution < 1.29 is 4.79 Å². The molecule has 102 valence electrons. The lowest BCUT2D eigenvalue weighted by Gasteiger charge is -2.20. The Kier molecular flexibility index (Phi) is 4.70. The van der Waals surface area contributed by atoms with Gasteiger partial charge in [-0.15, -0.1) is 0 Å². The maximum absolute atomic E-state index is 12.4. The number of nitriles is 2. The van der Waals surface area contributed by atoms with Gasteiger partial charge in [-0.1, -0.05) is 6.07 Å².